The van der Waals surface area contributed by atoms with Crippen LogP contribution in [0, 0.1) is 5.92 Å². The van der Waals surface area contributed by atoms with Crippen molar-refractivity contribution in [3.05, 3.63) is 66.2 Å². The van der Waals surface area contributed by atoms with Crippen molar-refractivity contribution in [2.45, 2.75) is 19.4 Å². The SMILES string of the molecule is O=C(OCc1ccccc1)N1CCCC(/C=N/Nc2ccccc2)C1. The summed E-state index contributed by atoms with van der Waals surface area (Å²) in [5.74, 6) is 0.245. The first-order chi connectivity index (χ1) is 12.3. The zero-order chi connectivity index (χ0) is 17.3. The number of nitrogens with zero attached hydrogens (tertiary/aromatic N) is 2. The van der Waals surface area contributed by atoms with Crippen LogP contribution in [0.3, 0.4) is 0 Å². The van der Waals surface area contributed by atoms with Crippen LogP contribution in [0.1, 0.15) is 18.4 Å². The molecule has 1 fully saturated rings. The second kappa shape index (κ2) is 8.87. The van der Waals surface area contributed by atoms with Crippen LogP contribution < -0.4 is 5.43 Å². The number of ether oxygens (including phenoxy) is 1. The predicted molar refractivity (Wildman–Crippen MR) is 99.5 cm³/mol. The molecule has 0 spiro atoms. The second-order valence-corrected chi connectivity index (χ2v) is 6.14. The lowest BCUT2D eigenvalue weighted by Crippen LogP contribution is -2.40. The maximum absolute atomic E-state index is 12.3. The van der Waals surface area contributed by atoms with E-state index in [1.54, 1.807) is 4.90 Å². The topological polar surface area (TPSA) is 53.9 Å². The molecule has 2 aromatic carbocycles. The molecule has 25 heavy (non-hydrogen) atoms. The number of hydrazone groups is 1. The second-order valence-electron chi connectivity index (χ2n) is 6.14. The molecule has 1 aliphatic heterocycles. The van der Waals surface area contributed by atoms with Gasteiger partial charge < -0.3 is 9.64 Å². The summed E-state index contributed by atoms with van der Waals surface area (Å²) >= 11 is 0. The molecule has 1 heterocycles. The molecule has 1 atom stereocenters. The van der Waals surface area contributed by atoms with Crippen LogP contribution in [0.5, 0.6) is 0 Å². The van der Waals surface area contributed by atoms with Gasteiger partial charge in [0.05, 0.1) is 5.69 Å². The number of hydrogen-bond donors (Lipinski definition) is 1. The van der Waals surface area contributed by atoms with Gasteiger partial charge in [0.25, 0.3) is 0 Å². The smallest absolute Gasteiger partial charge is 0.410 e. The summed E-state index contributed by atoms with van der Waals surface area (Å²) in [6.07, 6.45) is 3.63. The van der Waals surface area contributed by atoms with Crippen molar-refractivity contribution in [3.8, 4) is 0 Å². The number of anilines is 1. The Morgan fingerprint density at radius 3 is 2.64 bits per heavy atom. The molecule has 1 unspecified atom stereocenters. The Bertz CT molecular complexity index is 689. The third kappa shape index (κ3) is 5.35. The van der Waals surface area contributed by atoms with Gasteiger partial charge in [0, 0.05) is 25.2 Å². The molecule has 0 aromatic heterocycles. The lowest BCUT2D eigenvalue weighted by molar-refractivity contribution is 0.0854. The minimum atomic E-state index is -0.252. The molecule has 5 nitrogen and oxygen atoms in total. The molecule has 5 heteroatoms. The molecule has 3 rings (SSSR count). The molecule has 1 saturated heterocycles. The van der Waals surface area contributed by atoms with Crippen LogP contribution >= 0.6 is 0 Å². The van der Waals surface area contributed by atoms with Gasteiger partial charge in [-0.2, -0.15) is 5.10 Å². The van der Waals surface area contributed by atoms with Crippen LogP contribution in [-0.4, -0.2) is 30.3 Å². The Labute approximate surface area is 148 Å². The van der Waals surface area contributed by atoms with Gasteiger partial charge in [0.1, 0.15) is 6.61 Å². The van der Waals surface area contributed by atoms with E-state index in [0.717, 1.165) is 30.6 Å². The number of benzene rings is 2. The first kappa shape index (κ1) is 17.0. The van der Waals surface area contributed by atoms with Gasteiger partial charge in [-0.3, -0.25) is 5.43 Å². The van der Waals surface area contributed by atoms with E-state index in [1.807, 2.05) is 66.9 Å². The largest absolute Gasteiger partial charge is 0.445 e. The molecule has 1 aliphatic rings. The molecule has 0 bridgehead atoms. The molecular formula is C20H23N3O2. The summed E-state index contributed by atoms with van der Waals surface area (Å²) in [5.41, 5.74) is 4.97. The summed E-state index contributed by atoms with van der Waals surface area (Å²) in [6, 6.07) is 19.6. The van der Waals surface area contributed by atoms with Crippen molar-refractivity contribution >= 4 is 18.0 Å². The van der Waals surface area contributed by atoms with Crippen molar-refractivity contribution in [2.24, 2.45) is 11.0 Å². The molecule has 0 radical (unpaired) electrons. The number of piperidine rings is 1. The highest BCUT2D eigenvalue weighted by Crippen LogP contribution is 2.16. The first-order valence-electron chi connectivity index (χ1n) is 8.61. The number of carbonyl (C=O) groups is 1. The highest BCUT2D eigenvalue weighted by Gasteiger charge is 2.23. The summed E-state index contributed by atoms with van der Waals surface area (Å²) < 4.78 is 5.42. The van der Waals surface area contributed by atoms with Gasteiger partial charge >= 0.3 is 6.09 Å². The summed E-state index contributed by atoms with van der Waals surface area (Å²) in [6.45, 7) is 1.70. The van der Waals surface area contributed by atoms with Crippen molar-refractivity contribution in [3.63, 3.8) is 0 Å². The van der Waals surface area contributed by atoms with E-state index >= 15 is 0 Å². The standard InChI is InChI=1S/C20H23N3O2/c24-20(25-16-17-8-3-1-4-9-17)23-13-7-10-18(15-23)14-21-22-19-11-5-2-6-12-19/h1-6,8-9,11-12,14,18,22H,7,10,13,15-16H2/b21-14+. The quantitative estimate of drug-likeness (QED) is 0.659. The molecule has 1 N–H and O–H groups in total. The highest BCUT2D eigenvalue weighted by molar-refractivity contribution is 5.70. The number of para-hydroxylation sites is 1. The van der Waals surface area contributed by atoms with E-state index in [-0.39, 0.29) is 12.0 Å². The molecule has 0 saturated carbocycles. The fraction of sp³-hybridized carbons (Fsp3) is 0.300. The van der Waals surface area contributed by atoms with E-state index < -0.39 is 0 Å². The van der Waals surface area contributed by atoms with E-state index in [4.69, 9.17) is 4.74 Å². The normalized spacial score (nSPS) is 17.4. The van der Waals surface area contributed by atoms with Crippen molar-refractivity contribution in [1.29, 1.82) is 0 Å². The number of hydrogen-bond acceptors (Lipinski definition) is 4. The lowest BCUT2D eigenvalue weighted by atomic mass is 10.00. The number of nitrogens with one attached hydrogen (secondary N) is 1. The Hall–Kier alpha value is -2.82. The summed E-state index contributed by atoms with van der Waals surface area (Å²) in [5, 5.41) is 4.30. The highest BCUT2D eigenvalue weighted by atomic mass is 16.6. The third-order valence-corrected chi connectivity index (χ3v) is 4.17. The molecular weight excluding hydrogens is 314 g/mol. The van der Waals surface area contributed by atoms with Gasteiger partial charge in [-0.1, -0.05) is 48.5 Å². The summed E-state index contributed by atoms with van der Waals surface area (Å²) in [7, 11) is 0. The molecule has 0 aliphatic carbocycles. The van der Waals surface area contributed by atoms with E-state index in [2.05, 4.69) is 10.5 Å². The fourth-order valence-corrected chi connectivity index (χ4v) is 2.84. The number of likely N-dealkylation sites (tertiary alicyclic amines) is 1. The van der Waals surface area contributed by atoms with E-state index in [0.29, 0.717) is 13.2 Å². The monoisotopic (exact) mass is 337 g/mol. The number of amides is 1. The van der Waals surface area contributed by atoms with Crippen LogP contribution in [-0.2, 0) is 11.3 Å². The Morgan fingerprint density at radius 1 is 1.16 bits per heavy atom. The van der Waals surface area contributed by atoms with Gasteiger partial charge in [-0.15, -0.1) is 0 Å². The van der Waals surface area contributed by atoms with Gasteiger partial charge in [0.15, 0.2) is 0 Å². The van der Waals surface area contributed by atoms with Gasteiger partial charge in [-0.25, -0.2) is 4.79 Å². The summed E-state index contributed by atoms with van der Waals surface area (Å²) in [4.78, 5) is 14.0. The average Bonchev–Trinajstić information content (AvgIpc) is 2.68. The zero-order valence-corrected chi connectivity index (χ0v) is 14.2. The van der Waals surface area contributed by atoms with Crippen molar-refractivity contribution < 1.29 is 9.53 Å². The molecule has 130 valence electrons. The number of rotatable bonds is 5. The van der Waals surface area contributed by atoms with Gasteiger partial charge in [-0.05, 0) is 30.5 Å². The van der Waals surface area contributed by atoms with Crippen LogP contribution in [0.2, 0.25) is 0 Å². The minimum Gasteiger partial charge on any atom is -0.445 e. The maximum Gasteiger partial charge on any atom is 0.410 e. The predicted octanol–water partition coefficient (Wildman–Crippen LogP) is 4.13. The molecule has 2 aromatic rings. The maximum atomic E-state index is 12.3. The average molecular weight is 337 g/mol. The van der Waals surface area contributed by atoms with E-state index in [9.17, 15) is 4.79 Å². The van der Waals surface area contributed by atoms with Crippen LogP contribution in [0.25, 0.3) is 0 Å². The van der Waals surface area contributed by atoms with Crippen LogP contribution in [0.4, 0.5) is 10.5 Å². The lowest BCUT2D eigenvalue weighted by Gasteiger charge is -2.30. The first-order valence-corrected chi connectivity index (χ1v) is 8.61. The Morgan fingerprint density at radius 2 is 1.88 bits per heavy atom. The van der Waals surface area contributed by atoms with Crippen LogP contribution in [0.15, 0.2) is 65.8 Å². The van der Waals surface area contributed by atoms with E-state index in [1.165, 1.54) is 0 Å². The Kier molecular flexibility index (Phi) is 6.04. The van der Waals surface area contributed by atoms with Gasteiger partial charge in [0.2, 0.25) is 0 Å². The third-order valence-electron chi connectivity index (χ3n) is 4.17. The molecule has 1 amide bonds. The van der Waals surface area contributed by atoms with Crippen molar-refractivity contribution in [1.82, 2.24) is 4.90 Å². The zero-order valence-electron chi connectivity index (χ0n) is 14.2. The van der Waals surface area contributed by atoms with Crippen molar-refractivity contribution in [2.75, 3.05) is 18.5 Å². The fourth-order valence-electron chi connectivity index (χ4n) is 2.84. The minimum absolute atomic E-state index is 0.245. The number of carbonyl (C=O) groups excluding carboxylic acids is 1. The Balaban J connectivity index is 1.46.